The fourth-order valence-electron chi connectivity index (χ4n) is 2.79. The van der Waals surface area contributed by atoms with E-state index >= 15 is 0 Å². The number of nitrogens with zero attached hydrogens (tertiary/aromatic N) is 1. The van der Waals surface area contributed by atoms with Crippen LogP contribution in [0.3, 0.4) is 0 Å². The van der Waals surface area contributed by atoms with Crippen molar-refractivity contribution in [1.29, 1.82) is 0 Å². The average Bonchev–Trinajstić information content (AvgIpc) is 2.71. The van der Waals surface area contributed by atoms with Crippen molar-refractivity contribution in [2.45, 2.75) is 38.9 Å². The van der Waals surface area contributed by atoms with Gasteiger partial charge in [-0.15, -0.1) is 0 Å². The molecule has 2 rings (SSSR count). The molecule has 1 aliphatic heterocycles. The van der Waals surface area contributed by atoms with Gasteiger partial charge in [-0.05, 0) is 44.4 Å². The van der Waals surface area contributed by atoms with Gasteiger partial charge in [-0.1, -0.05) is 5.16 Å². The number of methoxy groups -OCH3 is 2. The molecule has 156 valence electrons. The molecule has 1 heterocycles. The summed E-state index contributed by atoms with van der Waals surface area (Å²) >= 11 is 0. The Kier molecular flexibility index (Phi) is 8.07. The molecule has 28 heavy (non-hydrogen) atoms. The van der Waals surface area contributed by atoms with Crippen molar-refractivity contribution in [3.63, 3.8) is 0 Å². The molecule has 0 aromatic heterocycles. The summed E-state index contributed by atoms with van der Waals surface area (Å²) in [5.41, 5.74) is 1.65. The van der Waals surface area contributed by atoms with Crippen molar-refractivity contribution in [2.24, 2.45) is 11.1 Å². The van der Waals surface area contributed by atoms with Gasteiger partial charge in [0.1, 0.15) is 6.61 Å². The molecule has 0 amide bonds. The molecular weight excluding hydrogens is 366 g/mol. The summed E-state index contributed by atoms with van der Waals surface area (Å²) in [6.07, 6.45) is 2.65. The zero-order valence-electron chi connectivity index (χ0n) is 16.9. The molecule has 0 unspecified atom stereocenters. The number of carbonyl (C=O) groups is 1. The van der Waals surface area contributed by atoms with Crippen LogP contribution in [0.25, 0.3) is 0 Å². The van der Waals surface area contributed by atoms with Crippen molar-refractivity contribution in [3.05, 3.63) is 23.8 Å². The Morgan fingerprint density at radius 2 is 1.89 bits per heavy atom. The minimum absolute atomic E-state index is 0.199. The van der Waals surface area contributed by atoms with Gasteiger partial charge < -0.3 is 28.9 Å². The normalized spacial score (nSPS) is 22.6. The monoisotopic (exact) mass is 395 g/mol. The van der Waals surface area contributed by atoms with Crippen molar-refractivity contribution in [3.8, 4) is 11.5 Å². The predicted octanol–water partition coefficient (Wildman–Crippen LogP) is 3.08. The number of unbranched alkanes of at least 4 members (excludes halogenated alkanes) is 1. The first kappa shape index (κ1) is 22.0. The van der Waals surface area contributed by atoms with E-state index in [4.69, 9.17) is 28.9 Å². The molecule has 0 bridgehead atoms. The standard InChI is InChI=1S/C20H29NO7/c1-14(16-8-9-17(24-3)18(11-16)25-4)21-28-10-6-5-7-15-12-26-20(2,19(22)23)27-13-15/h8-9,11,15H,5-7,10,12-13H2,1-4H3,(H,22,23). The van der Waals surface area contributed by atoms with Gasteiger partial charge in [0, 0.05) is 18.4 Å². The number of benzene rings is 1. The number of hydrogen-bond acceptors (Lipinski definition) is 7. The van der Waals surface area contributed by atoms with Crippen molar-refractivity contribution in [2.75, 3.05) is 34.0 Å². The molecule has 1 N–H and O–H groups in total. The number of hydrogen-bond donors (Lipinski definition) is 1. The van der Waals surface area contributed by atoms with E-state index in [2.05, 4.69) is 5.16 Å². The van der Waals surface area contributed by atoms with E-state index in [-0.39, 0.29) is 5.92 Å². The molecule has 0 saturated carbocycles. The second kappa shape index (κ2) is 10.3. The van der Waals surface area contributed by atoms with Crippen molar-refractivity contribution in [1.82, 2.24) is 0 Å². The number of carboxylic acids is 1. The van der Waals surface area contributed by atoms with Crippen LogP contribution in [0.2, 0.25) is 0 Å². The third kappa shape index (κ3) is 5.84. The Labute approximate surface area is 165 Å². The topological polar surface area (TPSA) is 95.8 Å². The zero-order valence-corrected chi connectivity index (χ0v) is 16.9. The molecule has 1 aliphatic rings. The Balaban J connectivity index is 1.68. The Bertz CT molecular complexity index is 681. The van der Waals surface area contributed by atoms with Gasteiger partial charge in [-0.25, -0.2) is 4.79 Å². The van der Waals surface area contributed by atoms with Crippen LogP contribution in [0.5, 0.6) is 11.5 Å². The Morgan fingerprint density at radius 1 is 1.21 bits per heavy atom. The van der Waals surface area contributed by atoms with Crippen LogP contribution in [0.1, 0.15) is 38.7 Å². The average molecular weight is 395 g/mol. The summed E-state index contributed by atoms with van der Waals surface area (Å²) in [6.45, 7) is 4.59. The van der Waals surface area contributed by atoms with Crippen LogP contribution in [0, 0.1) is 5.92 Å². The third-order valence-corrected chi connectivity index (χ3v) is 4.68. The van der Waals surface area contributed by atoms with Crippen LogP contribution in [-0.4, -0.2) is 56.6 Å². The number of oxime groups is 1. The van der Waals surface area contributed by atoms with Gasteiger partial charge in [-0.3, -0.25) is 0 Å². The first-order valence-electron chi connectivity index (χ1n) is 9.30. The second-order valence-corrected chi connectivity index (χ2v) is 6.81. The highest BCUT2D eigenvalue weighted by Crippen LogP contribution is 2.28. The van der Waals surface area contributed by atoms with E-state index in [1.807, 2.05) is 25.1 Å². The van der Waals surface area contributed by atoms with E-state index < -0.39 is 11.8 Å². The van der Waals surface area contributed by atoms with Crippen LogP contribution >= 0.6 is 0 Å². The van der Waals surface area contributed by atoms with Crippen LogP contribution in [0.15, 0.2) is 23.4 Å². The summed E-state index contributed by atoms with van der Waals surface area (Å²) in [5.74, 6) is -1.10. The Morgan fingerprint density at radius 3 is 2.50 bits per heavy atom. The molecule has 0 atom stereocenters. The fourth-order valence-corrected chi connectivity index (χ4v) is 2.79. The van der Waals surface area contributed by atoms with Gasteiger partial charge in [0.25, 0.3) is 5.79 Å². The van der Waals surface area contributed by atoms with Crippen LogP contribution in [-0.2, 0) is 19.1 Å². The largest absolute Gasteiger partial charge is 0.493 e. The van der Waals surface area contributed by atoms with Crippen LogP contribution < -0.4 is 9.47 Å². The first-order valence-corrected chi connectivity index (χ1v) is 9.30. The maximum Gasteiger partial charge on any atom is 0.364 e. The van der Waals surface area contributed by atoms with Gasteiger partial charge >= 0.3 is 5.97 Å². The van der Waals surface area contributed by atoms with Gasteiger partial charge in [0.05, 0.1) is 33.1 Å². The highest BCUT2D eigenvalue weighted by Gasteiger charge is 2.40. The zero-order chi connectivity index (χ0) is 20.6. The molecule has 1 saturated heterocycles. The molecule has 8 nitrogen and oxygen atoms in total. The van der Waals surface area contributed by atoms with E-state index in [1.165, 1.54) is 6.92 Å². The predicted molar refractivity (Wildman–Crippen MR) is 103 cm³/mol. The van der Waals surface area contributed by atoms with E-state index in [0.717, 1.165) is 30.5 Å². The van der Waals surface area contributed by atoms with Crippen molar-refractivity contribution < 1.29 is 33.7 Å². The number of aliphatic carboxylic acids is 1. The molecule has 1 fully saturated rings. The highest BCUT2D eigenvalue weighted by atomic mass is 16.7. The minimum Gasteiger partial charge on any atom is -0.493 e. The van der Waals surface area contributed by atoms with Gasteiger partial charge in [0.15, 0.2) is 11.5 Å². The maximum absolute atomic E-state index is 11.0. The van der Waals surface area contributed by atoms with E-state index in [1.54, 1.807) is 14.2 Å². The first-order chi connectivity index (χ1) is 13.4. The summed E-state index contributed by atoms with van der Waals surface area (Å²) in [4.78, 5) is 16.5. The summed E-state index contributed by atoms with van der Waals surface area (Å²) < 4.78 is 21.2. The lowest BCUT2D eigenvalue weighted by molar-refractivity contribution is -0.271. The van der Waals surface area contributed by atoms with Crippen molar-refractivity contribution >= 4 is 11.7 Å². The maximum atomic E-state index is 11.0. The lowest BCUT2D eigenvalue weighted by Crippen LogP contribution is -2.47. The summed E-state index contributed by atoms with van der Waals surface area (Å²) in [7, 11) is 3.19. The number of rotatable bonds is 10. The van der Waals surface area contributed by atoms with E-state index in [9.17, 15) is 4.79 Å². The number of carboxylic acid groups (broad SMARTS) is 1. The SMILES string of the molecule is COc1ccc(C(C)=NOCCCCC2COC(C)(C(=O)O)OC2)cc1OC. The molecular formula is C20H29NO7. The van der Waals surface area contributed by atoms with E-state index in [0.29, 0.717) is 31.3 Å². The smallest absolute Gasteiger partial charge is 0.364 e. The highest BCUT2D eigenvalue weighted by molar-refractivity contribution is 5.98. The summed E-state index contributed by atoms with van der Waals surface area (Å²) in [6, 6.07) is 5.59. The molecule has 0 radical (unpaired) electrons. The molecule has 1 aromatic carbocycles. The lowest BCUT2D eigenvalue weighted by atomic mass is 10.0. The summed E-state index contributed by atoms with van der Waals surface area (Å²) in [5, 5.41) is 13.2. The molecule has 8 heteroatoms. The third-order valence-electron chi connectivity index (χ3n) is 4.68. The molecule has 0 aliphatic carbocycles. The lowest BCUT2D eigenvalue weighted by Gasteiger charge is -2.34. The molecule has 1 aromatic rings. The van der Waals surface area contributed by atoms with Crippen LogP contribution in [0.4, 0.5) is 0 Å². The quantitative estimate of drug-likeness (QED) is 0.369. The second-order valence-electron chi connectivity index (χ2n) is 6.81. The minimum atomic E-state index is -1.52. The Hall–Kier alpha value is -2.32. The van der Waals surface area contributed by atoms with Gasteiger partial charge in [-0.2, -0.15) is 0 Å². The fraction of sp³-hybridized carbons (Fsp3) is 0.600. The number of ether oxygens (including phenoxy) is 4. The molecule has 0 spiro atoms. The van der Waals surface area contributed by atoms with Gasteiger partial charge in [0.2, 0.25) is 0 Å².